The summed E-state index contributed by atoms with van der Waals surface area (Å²) in [7, 11) is 0. The summed E-state index contributed by atoms with van der Waals surface area (Å²) >= 11 is 7.45. The number of benzene rings is 1. The summed E-state index contributed by atoms with van der Waals surface area (Å²) in [5.41, 5.74) is 1.21. The Kier molecular flexibility index (Phi) is 5.93. The van der Waals surface area contributed by atoms with Gasteiger partial charge in [-0.1, -0.05) is 35.0 Å². The fraction of sp³-hybridized carbons (Fsp3) is 0.571. The molecule has 0 spiro atoms. The van der Waals surface area contributed by atoms with Crippen molar-refractivity contribution in [3.8, 4) is 0 Å². The molecular formula is C14H19BrOS2. The van der Waals surface area contributed by atoms with E-state index in [9.17, 15) is 5.11 Å². The van der Waals surface area contributed by atoms with Crippen molar-refractivity contribution < 1.29 is 5.11 Å². The Morgan fingerprint density at radius 1 is 1.39 bits per heavy atom. The molecule has 1 aromatic carbocycles. The van der Waals surface area contributed by atoms with Crippen LogP contribution in [-0.2, 0) is 6.42 Å². The predicted molar refractivity (Wildman–Crippen MR) is 86.6 cm³/mol. The third-order valence-corrected chi connectivity index (χ3v) is 7.09. The van der Waals surface area contributed by atoms with Gasteiger partial charge >= 0.3 is 0 Å². The van der Waals surface area contributed by atoms with E-state index in [2.05, 4.69) is 35.0 Å². The normalized spacial score (nSPS) is 25.9. The van der Waals surface area contributed by atoms with Crippen LogP contribution in [0.2, 0.25) is 0 Å². The molecule has 1 aliphatic rings. The van der Waals surface area contributed by atoms with Crippen molar-refractivity contribution in [1.82, 2.24) is 0 Å². The zero-order chi connectivity index (χ0) is 13.0. The Morgan fingerprint density at radius 2 is 2.17 bits per heavy atom. The van der Waals surface area contributed by atoms with Gasteiger partial charge in [-0.05, 0) is 30.5 Å². The van der Waals surface area contributed by atoms with Gasteiger partial charge in [-0.25, -0.2) is 0 Å². The molecule has 0 saturated carbocycles. The van der Waals surface area contributed by atoms with Gasteiger partial charge in [0, 0.05) is 26.5 Å². The molecule has 1 N–H and O–H groups in total. The lowest BCUT2D eigenvalue weighted by Crippen LogP contribution is -2.37. The Morgan fingerprint density at radius 3 is 2.89 bits per heavy atom. The molecule has 100 valence electrons. The maximum Gasteiger partial charge on any atom is 0.0709 e. The summed E-state index contributed by atoms with van der Waals surface area (Å²) in [5.74, 6) is 2.39. The molecule has 1 nitrogen and oxygen atoms in total. The minimum absolute atomic E-state index is 0.234. The van der Waals surface area contributed by atoms with E-state index in [0.29, 0.717) is 10.5 Å². The van der Waals surface area contributed by atoms with Gasteiger partial charge < -0.3 is 5.11 Å². The highest BCUT2D eigenvalue weighted by molar-refractivity contribution is 9.10. The van der Waals surface area contributed by atoms with E-state index >= 15 is 0 Å². The summed E-state index contributed by atoms with van der Waals surface area (Å²) in [6, 6.07) is 8.25. The van der Waals surface area contributed by atoms with Crippen molar-refractivity contribution in [3.05, 3.63) is 34.3 Å². The van der Waals surface area contributed by atoms with Gasteiger partial charge in [-0.15, -0.1) is 0 Å². The molecule has 1 aliphatic heterocycles. The predicted octanol–water partition coefficient (Wildman–Crippen LogP) is 3.98. The van der Waals surface area contributed by atoms with Crippen molar-refractivity contribution in [3.63, 3.8) is 0 Å². The van der Waals surface area contributed by atoms with E-state index in [1.54, 1.807) is 0 Å². The SMILES string of the molecule is CCC1SCCSC1C(O)Cc1cccc(Br)c1. The molecule has 1 fully saturated rings. The van der Waals surface area contributed by atoms with Gasteiger partial charge in [0.05, 0.1) is 6.10 Å². The van der Waals surface area contributed by atoms with Crippen molar-refractivity contribution in [2.75, 3.05) is 11.5 Å². The van der Waals surface area contributed by atoms with Gasteiger partial charge in [0.25, 0.3) is 0 Å². The smallest absolute Gasteiger partial charge is 0.0709 e. The number of halogens is 1. The molecule has 1 saturated heterocycles. The average molecular weight is 347 g/mol. The van der Waals surface area contributed by atoms with Gasteiger partial charge in [0.15, 0.2) is 0 Å². The molecule has 0 aromatic heterocycles. The molecule has 1 aromatic rings. The second-order valence-corrected chi connectivity index (χ2v) is 8.10. The summed E-state index contributed by atoms with van der Waals surface area (Å²) in [5, 5.41) is 11.5. The molecule has 3 atom stereocenters. The van der Waals surface area contributed by atoms with Crippen LogP contribution < -0.4 is 0 Å². The van der Waals surface area contributed by atoms with Crippen molar-refractivity contribution in [2.45, 2.75) is 36.4 Å². The van der Waals surface area contributed by atoms with Gasteiger partial charge in [-0.3, -0.25) is 0 Å². The second kappa shape index (κ2) is 7.22. The number of hydrogen-bond donors (Lipinski definition) is 1. The zero-order valence-corrected chi connectivity index (χ0v) is 13.7. The third-order valence-electron chi connectivity index (χ3n) is 3.21. The van der Waals surface area contributed by atoms with E-state index in [1.807, 2.05) is 35.7 Å². The molecule has 18 heavy (non-hydrogen) atoms. The first-order valence-electron chi connectivity index (χ1n) is 6.36. The second-order valence-electron chi connectivity index (χ2n) is 4.55. The van der Waals surface area contributed by atoms with Crippen LogP contribution in [0.4, 0.5) is 0 Å². The van der Waals surface area contributed by atoms with Crippen LogP contribution in [0.15, 0.2) is 28.7 Å². The van der Waals surface area contributed by atoms with E-state index in [4.69, 9.17) is 0 Å². The Bertz CT molecular complexity index is 386. The maximum atomic E-state index is 10.5. The minimum Gasteiger partial charge on any atom is -0.392 e. The molecule has 0 amide bonds. The molecule has 0 radical (unpaired) electrons. The maximum absolute atomic E-state index is 10.5. The summed E-state index contributed by atoms with van der Waals surface area (Å²) in [6.07, 6.45) is 1.67. The van der Waals surface area contributed by atoms with Crippen LogP contribution >= 0.6 is 39.5 Å². The molecule has 4 heteroatoms. The third kappa shape index (κ3) is 3.92. The van der Waals surface area contributed by atoms with E-state index in [0.717, 1.165) is 17.3 Å². The summed E-state index contributed by atoms with van der Waals surface area (Å²) < 4.78 is 1.09. The molecule has 3 unspecified atom stereocenters. The Labute approximate surface area is 126 Å². The molecule has 1 heterocycles. The zero-order valence-electron chi connectivity index (χ0n) is 10.5. The van der Waals surface area contributed by atoms with Crippen molar-refractivity contribution in [1.29, 1.82) is 0 Å². The fourth-order valence-corrected chi connectivity index (χ4v) is 5.91. The van der Waals surface area contributed by atoms with Crippen molar-refractivity contribution >= 4 is 39.5 Å². The molecule has 2 rings (SSSR count). The largest absolute Gasteiger partial charge is 0.392 e. The first-order valence-corrected chi connectivity index (χ1v) is 9.25. The van der Waals surface area contributed by atoms with Crippen molar-refractivity contribution in [2.24, 2.45) is 0 Å². The van der Waals surface area contributed by atoms with E-state index in [-0.39, 0.29) is 6.10 Å². The first kappa shape index (κ1) is 14.8. The number of thioether (sulfide) groups is 2. The van der Waals surface area contributed by atoms with Crippen LogP contribution in [0.25, 0.3) is 0 Å². The number of aliphatic hydroxyl groups is 1. The van der Waals surface area contributed by atoms with E-state index < -0.39 is 0 Å². The first-order chi connectivity index (χ1) is 8.70. The lowest BCUT2D eigenvalue weighted by molar-refractivity contribution is 0.169. The fourth-order valence-electron chi connectivity index (χ4n) is 2.32. The minimum atomic E-state index is -0.234. The van der Waals surface area contributed by atoms with Crippen LogP contribution in [0.1, 0.15) is 18.9 Å². The monoisotopic (exact) mass is 346 g/mol. The molecule has 0 bridgehead atoms. The summed E-state index contributed by atoms with van der Waals surface area (Å²) in [4.78, 5) is 0. The highest BCUT2D eigenvalue weighted by Crippen LogP contribution is 2.36. The number of hydrogen-bond acceptors (Lipinski definition) is 3. The molecular weight excluding hydrogens is 328 g/mol. The van der Waals surface area contributed by atoms with Gasteiger partial charge in [0.2, 0.25) is 0 Å². The van der Waals surface area contributed by atoms with Gasteiger partial charge in [-0.2, -0.15) is 23.5 Å². The van der Waals surface area contributed by atoms with E-state index in [1.165, 1.54) is 17.1 Å². The van der Waals surface area contributed by atoms with Crippen LogP contribution in [0.5, 0.6) is 0 Å². The van der Waals surface area contributed by atoms with Crippen LogP contribution in [-0.4, -0.2) is 33.2 Å². The van der Waals surface area contributed by atoms with Crippen LogP contribution in [0.3, 0.4) is 0 Å². The average Bonchev–Trinajstić information content (AvgIpc) is 2.38. The topological polar surface area (TPSA) is 20.2 Å². The quantitative estimate of drug-likeness (QED) is 0.890. The lowest BCUT2D eigenvalue weighted by atomic mass is 10.0. The molecule has 0 aliphatic carbocycles. The highest BCUT2D eigenvalue weighted by atomic mass is 79.9. The highest BCUT2D eigenvalue weighted by Gasteiger charge is 2.30. The Balaban J connectivity index is 1.99. The number of rotatable bonds is 4. The van der Waals surface area contributed by atoms with Gasteiger partial charge in [0.1, 0.15) is 0 Å². The number of aliphatic hydroxyl groups excluding tert-OH is 1. The standard InChI is InChI=1S/C14H19BrOS2/c1-2-13-14(18-7-6-17-13)12(16)9-10-4-3-5-11(15)8-10/h3-5,8,12-14,16H,2,6-7,9H2,1H3. The Hall–Kier alpha value is 0.360. The van der Waals surface area contributed by atoms with Crippen LogP contribution in [0, 0.1) is 0 Å². The summed E-state index contributed by atoms with van der Waals surface area (Å²) in [6.45, 7) is 2.22. The lowest BCUT2D eigenvalue weighted by Gasteiger charge is -2.33.